The number of aliphatic hydroxyl groups excluding tert-OH is 1. The van der Waals surface area contributed by atoms with E-state index in [4.69, 9.17) is 5.11 Å². The lowest BCUT2D eigenvalue weighted by molar-refractivity contribution is -0.123. The molecule has 2 N–H and O–H groups in total. The van der Waals surface area contributed by atoms with Gasteiger partial charge in [0.25, 0.3) is 0 Å². The van der Waals surface area contributed by atoms with E-state index in [-0.39, 0.29) is 18.1 Å². The van der Waals surface area contributed by atoms with E-state index in [1.54, 1.807) is 0 Å². The van der Waals surface area contributed by atoms with Crippen LogP contribution >= 0.6 is 0 Å². The third kappa shape index (κ3) is 3.96. The summed E-state index contributed by atoms with van der Waals surface area (Å²) in [6.07, 6.45) is 2.44. The standard InChI is InChI=1S/C15H22N2O2/c1-17(2)13-6-3-11(4-7-13)5-8-15(19)16-12-9-14(18)10-12/h3-4,6-7,12,14,18H,5,8-10H2,1-2H3,(H,16,19). The van der Waals surface area contributed by atoms with Crippen molar-refractivity contribution in [3.05, 3.63) is 29.8 Å². The molecular formula is C15H22N2O2. The number of hydrogen-bond donors (Lipinski definition) is 2. The fraction of sp³-hybridized carbons (Fsp3) is 0.533. The molecule has 1 amide bonds. The van der Waals surface area contributed by atoms with E-state index < -0.39 is 0 Å². The predicted molar refractivity (Wildman–Crippen MR) is 76.3 cm³/mol. The van der Waals surface area contributed by atoms with Crippen LogP contribution in [0.2, 0.25) is 0 Å². The molecule has 1 aromatic rings. The van der Waals surface area contributed by atoms with Gasteiger partial charge in [-0.1, -0.05) is 12.1 Å². The summed E-state index contributed by atoms with van der Waals surface area (Å²) in [5.74, 6) is 0.0774. The van der Waals surface area contributed by atoms with Crippen molar-refractivity contribution in [1.82, 2.24) is 5.32 Å². The van der Waals surface area contributed by atoms with E-state index in [9.17, 15) is 4.79 Å². The highest BCUT2D eigenvalue weighted by Gasteiger charge is 2.27. The van der Waals surface area contributed by atoms with Crippen LogP contribution in [0, 0.1) is 0 Å². The monoisotopic (exact) mass is 262 g/mol. The zero-order valence-corrected chi connectivity index (χ0v) is 11.6. The fourth-order valence-electron chi connectivity index (χ4n) is 2.22. The minimum absolute atomic E-state index is 0.0774. The Bertz CT molecular complexity index is 422. The topological polar surface area (TPSA) is 52.6 Å². The molecule has 1 fully saturated rings. The Hall–Kier alpha value is -1.55. The summed E-state index contributed by atoms with van der Waals surface area (Å²) in [4.78, 5) is 13.8. The van der Waals surface area contributed by atoms with Gasteiger partial charge in [0.15, 0.2) is 0 Å². The van der Waals surface area contributed by atoms with Crippen LogP contribution in [0.4, 0.5) is 5.69 Å². The number of nitrogens with zero attached hydrogens (tertiary/aromatic N) is 1. The van der Waals surface area contributed by atoms with Crippen LogP contribution in [0.1, 0.15) is 24.8 Å². The van der Waals surface area contributed by atoms with Crippen molar-refractivity contribution < 1.29 is 9.90 Å². The van der Waals surface area contributed by atoms with Gasteiger partial charge in [0.05, 0.1) is 6.10 Å². The highest BCUT2D eigenvalue weighted by molar-refractivity contribution is 5.76. The number of aryl methyl sites for hydroxylation is 1. The molecule has 1 saturated carbocycles. The minimum atomic E-state index is -0.219. The first-order chi connectivity index (χ1) is 9.04. The molecule has 104 valence electrons. The van der Waals surface area contributed by atoms with E-state index in [0.29, 0.717) is 19.3 Å². The predicted octanol–water partition coefficient (Wildman–Crippen LogP) is 1.32. The summed E-state index contributed by atoms with van der Waals surface area (Å²) in [5.41, 5.74) is 2.34. The molecule has 0 aliphatic heterocycles. The van der Waals surface area contributed by atoms with Crippen LogP contribution < -0.4 is 10.2 Å². The number of nitrogens with one attached hydrogen (secondary N) is 1. The fourth-order valence-corrected chi connectivity index (χ4v) is 2.22. The van der Waals surface area contributed by atoms with Gasteiger partial charge >= 0.3 is 0 Å². The van der Waals surface area contributed by atoms with Crippen LogP contribution in [-0.2, 0) is 11.2 Å². The van der Waals surface area contributed by atoms with Crippen molar-refractivity contribution in [3.8, 4) is 0 Å². The van der Waals surface area contributed by atoms with Crippen molar-refractivity contribution in [2.45, 2.75) is 37.8 Å². The van der Waals surface area contributed by atoms with E-state index in [1.165, 1.54) is 5.56 Å². The molecule has 1 aromatic carbocycles. The van der Waals surface area contributed by atoms with Crippen LogP contribution in [0.5, 0.6) is 0 Å². The first-order valence-corrected chi connectivity index (χ1v) is 6.78. The Balaban J connectivity index is 1.74. The Labute approximate surface area is 114 Å². The van der Waals surface area contributed by atoms with Gasteiger partial charge in [-0.25, -0.2) is 0 Å². The third-order valence-electron chi connectivity index (χ3n) is 3.57. The molecular weight excluding hydrogens is 240 g/mol. The number of carbonyl (C=O) groups excluding carboxylic acids is 1. The first-order valence-electron chi connectivity index (χ1n) is 6.78. The Kier molecular flexibility index (Phi) is 4.43. The molecule has 0 radical (unpaired) electrons. The van der Waals surface area contributed by atoms with Crippen molar-refractivity contribution in [1.29, 1.82) is 0 Å². The average Bonchev–Trinajstić information content (AvgIpc) is 2.35. The second-order valence-electron chi connectivity index (χ2n) is 5.45. The van der Waals surface area contributed by atoms with Crippen LogP contribution in [-0.4, -0.2) is 37.3 Å². The third-order valence-corrected chi connectivity index (χ3v) is 3.57. The second kappa shape index (κ2) is 6.06. The maximum Gasteiger partial charge on any atom is 0.220 e. The molecule has 0 spiro atoms. The number of aliphatic hydroxyl groups is 1. The normalized spacial score (nSPS) is 21.6. The maximum absolute atomic E-state index is 11.7. The van der Waals surface area contributed by atoms with Gasteiger partial charge in [-0.2, -0.15) is 0 Å². The summed E-state index contributed by atoms with van der Waals surface area (Å²) < 4.78 is 0. The number of anilines is 1. The maximum atomic E-state index is 11.7. The average molecular weight is 262 g/mol. The molecule has 0 bridgehead atoms. The summed E-state index contributed by atoms with van der Waals surface area (Å²) in [5, 5.41) is 12.1. The molecule has 0 saturated heterocycles. The molecule has 4 heteroatoms. The molecule has 1 aliphatic carbocycles. The SMILES string of the molecule is CN(C)c1ccc(CCC(=O)NC2CC(O)C2)cc1. The van der Waals surface area contributed by atoms with Gasteiger partial charge in [0, 0.05) is 32.2 Å². The van der Waals surface area contributed by atoms with E-state index >= 15 is 0 Å². The van der Waals surface area contributed by atoms with Crippen molar-refractivity contribution in [2.75, 3.05) is 19.0 Å². The minimum Gasteiger partial charge on any atom is -0.393 e. The highest BCUT2D eigenvalue weighted by atomic mass is 16.3. The van der Waals surface area contributed by atoms with Gasteiger partial charge in [-0.05, 0) is 37.0 Å². The van der Waals surface area contributed by atoms with Crippen LogP contribution in [0.3, 0.4) is 0 Å². The van der Waals surface area contributed by atoms with Crippen molar-refractivity contribution >= 4 is 11.6 Å². The largest absolute Gasteiger partial charge is 0.393 e. The lowest BCUT2D eigenvalue weighted by Gasteiger charge is -2.31. The molecule has 2 rings (SSSR count). The van der Waals surface area contributed by atoms with E-state index in [1.807, 2.05) is 14.1 Å². The van der Waals surface area contributed by atoms with Crippen molar-refractivity contribution in [2.24, 2.45) is 0 Å². The number of rotatable bonds is 5. The number of benzene rings is 1. The van der Waals surface area contributed by atoms with Gasteiger partial charge in [-0.15, -0.1) is 0 Å². The molecule has 0 aromatic heterocycles. The van der Waals surface area contributed by atoms with Crippen LogP contribution in [0.15, 0.2) is 24.3 Å². The number of amides is 1. The summed E-state index contributed by atoms with van der Waals surface area (Å²) in [7, 11) is 4.02. The highest BCUT2D eigenvalue weighted by Crippen LogP contribution is 2.19. The quantitative estimate of drug-likeness (QED) is 0.841. The van der Waals surface area contributed by atoms with Crippen LogP contribution in [0.25, 0.3) is 0 Å². The lowest BCUT2D eigenvalue weighted by atomic mass is 9.89. The zero-order chi connectivity index (χ0) is 13.8. The van der Waals surface area contributed by atoms with Gasteiger partial charge < -0.3 is 15.3 Å². The Morgan fingerprint density at radius 1 is 1.32 bits per heavy atom. The van der Waals surface area contributed by atoms with Gasteiger partial charge in [0.2, 0.25) is 5.91 Å². The van der Waals surface area contributed by atoms with Crippen molar-refractivity contribution in [3.63, 3.8) is 0 Å². The summed E-state index contributed by atoms with van der Waals surface area (Å²) >= 11 is 0. The Morgan fingerprint density at radius 3 is 2.47 bits per heavy atom. The zero-order valence-electron chi connectivity index (χ0n) is 11.6. The van der Waals surface area contributed by atoms with Gasteiger partial charge in [0.1, 0.15) is 0 Å². The van der Waals surface area contributed by atoms with Gasteiger partial charge in [-0.3, -0.25) is 4.79 Å². The molecule has 0 atom stereocenters. The van der Waals surface area contributed by atoms with E-state index in [0.717, 1.165) is 12.1 Å². The molecule has 0 unspecified atom stereocenters. The first kappa shape index (κ1) is 13.9. The molecule has 4 nitrogen and oxygen atoms in total. The molecule has 19 heavy (non-hydrogen) atoms. The number of hydrogen-bond acceptors (Lipinski definition) is 3. The summed E-state index contributed by atoms with van der Waals surface area (Å²) in [6, 6.07) is 8.44. The second-order valence-corrected chi connectivity index (χ2v) is 5.45. The van der Waals surface area contributed by atoms with E-state index in [2.05, 4.69) is 34.5 Å². The molecule has 0 heterocycles. The number of carbonyl (C=O) groups is 1. The smallest absolute Gasteiger partial charge is 0.220 e. The summed E-state index contributed by atoms with van der Waals surface area (Å²) in [6.45, 7) is 0. The Morgan fingerprint density at radius 2 is 1.95 bits per heavy atom. The lowest BCUT2D eigenvalue weighted by Crippen LogP contribution is -2.46. The molecule has 1 aliphatic rings.